The molecular weight excluding hydrogens is 271 g/mol. The molecular formula is C16H15FN2O2. The zero-order chi connectivity index (χ0) is 15.2. The summed E-state index contributed by atoms with van der Waals surface area (Å²) in [6.45, 7) is 0.431. The highest BCUT2D eigenvalue weighted by Gasteiger charge is 2.10. The van der Waals surface area contributed by atoms with E-state index in [1.807, 2.05) is 18.2 Å². The van der Waals surface area contributed by atoms with Crippen molar-refractivity contribution in [2.45, 2.75) is 6.54 Å². The van der Waals surface area contributed by atoms with Gasteiger partial charge >= 0.3 is 0 Å². The summed E-state index contributed by atoms with van der Waals surface area (Å²) in [6.07, 6.45) is 0. The van der Waals surface area contributed by atoms with Gasteiger partial charge in [-0.3, -0.25) is 0 Å². The summed E-state index contributed by atoms with van der Waals surface area (Å²) in [6, 6.07) is 11.6. The average molecular weight is 286 g/mol. The zero-order valence-corrected chi connectivity index (χ0v) is 11.8. The molecule has 0 fully saturated rings. The molecule has 0 bridgehead atoms. The first kappa shape index (κ1) is 14.7. The van der Waals surface area contributed by atoms with Gasteiger partial charge in [0.2, 0.25) is 0 Å². The minimum Gasteiger partial charge on any atom is -0.493 e. The van der Waals surface area contributed by atoms with E-state index >= 15 is 0 Å². The van der Waals surface area contributed by atoms with Crippen LogP contribution in [-0.2, 0) is 6.54 Å². The SMILES string of the molecule is COc1cccc(CNc2ccc(F)cc2C#N)c1OC. The van der Waals surface area contributed by atoms with Crippen molar-refractivity contribution in [1.29, 1.82) is 5.26 Å². The molecule has 0 aromatic heterocycles. The van der Waals surface area contributed by atoms with Gasteiger partial charge in [0.1, 0.15) is 11.9 Å². The fourth-order valence-corrected chi connectivity index (χ4v) is 2.05. The van der Waals surface area contributed by atoms with Gasteiger partial charge in [-0.25, -0.2) is 4.39 Å². The molecule has 2 rings (SSSR count). The summed E-state index contributed by atoms with van der Waals surface area (Å²) < 4.78 is 23.7. The number of hydrogen-bond acceptors (Lipinski definition) is 4. The van der Waals surface area contributed by atoms with Crippen LogP contribution in [0.1, 0.15) is 11.1 Å². The highest BCUT2D eigenvalue weighted by atomic mass is 19.1. The maximum absolute atomic E-state index is 13.1. The molecule has 0 saturated carbocycles. The summed E-state index contributed by atoms with van der Waals surface area (Å²) in [5, 5.41) is 12.1. The predicted molar refractivity (Wildman–Crippen MR) is 78.0 cm³/mol. The Balaban J connectivity index is 2.23. The van der Waals surface area contributed by atoms with Crippen LogP contribution in [0.3, 0.4) is 0 Å². The number of benzene rings is 2. The van der Waals surface area contributed by atoms with Crippen LogP contribution >= 0.6 is 0 Å². The van der Waals surface area contributed by atoms with Crippen molar-refractivity contribution in [3.63, 3.8) is 0 Å². The van der Waals surface area contributed by atoms with Crippen LogP contribution in [0.5, 0.6) is 11.5 Å². The molecule has 0 aliphatic heterocycles. The lowest BCUT2D eigenvalue weighted by molar-refractivity contribution is 0.352. The van der Waals surface area contributed by atoms with Crippen LogP contribution < -0.4 is 14.8 Å². The molecule has 0 unspecified atom stereocenters. The number of ether oxygens (including phenoxy) is 2. The Morgan fingerprint density at radius 1 is 1.19 bits per heavy atom. The van der Waals surface area contributed by atoms with Crippen LogP contribution in [0.15, 0.2) is 36.4 Å². The van der Waals surface area contributed by atoms with E-state index in [1.165, 1.54) is 12.1 Å². The zero-order valence-electron chi connectivity index (χ0n) is 11.8. The average Bonchev–Trinajstić information content (AvgIpc) is 2.52. The monoisotopic (exact) mass is 286 g/mol. The van der Waals surface area contributed by atoms with Crippen LogP contribution in [0, 0.1) is 17.1 Å². The first-order valence-corrected chi connectivity index (χ1v) is 6.33. The molecule has 0 heterocycles. The van der Waals surface area contributed by atoms with Crippen molar-refractivity contribution in [2.24, 2.45) is 0 Å². The molecule has 0 atom stereocenters. The van der Waals surface area contributed by atoms with Gasteiger partial charge in [0, 0.05) is 12.1 Å². The van der Waals surface area contributed by atoms with Gasteiger partial charge in [-0.2, -0.15) is 5.26 Å². The van der Waals surface area contributed by atoms with E-state index in [1.54, 1.807) is 26.4 Å². The third-order valence-electron chi connectivity index (χ3n) is 3.06. The standard InChI is InChI=1S/C16H15FN2O2/c1-20-15-5-3-4-11(16(15)21-2)10-19-14-7-6-13(17)8-12(14)9-18/h3-8,19H,10H2,1-2H3. The van der Waals surface area contributed by atoms with E-state index in [-0.39, 0.29) is 5.56 Å². The smallest absolute Gasteiger partial charge is 0.165 e. The highest BCUT2D eigenvalue weighted by molar-refractivity contribution is 5.58. The van der Waals surface area contributed by atoms with Gasteiger partial charge in [-0.05, 0) is 24.3 Å². The molecule has 21 heavy (non-hydrogen) atoms. The van der Waals surface area contributed by atoms with E-state index in [0.29, 0.717) is 23.7 Å². The minimum atomic E-state index is -0.434. The van der Waals surface area contributed by atoms with Crippen LogP contribution in [0.25, 0.3) is 0 Å². The van der Waals surface area contributed by atoms with Crippen molar-refractivity contribution in [1.82, 2.24) is 0 Å². The number of rotatable bonds is 5. The maximum atomic E-state index is 13.1. The highest BCUT2D eigenvalue weighted by Crippen LogP contribution is 2.31. The lowest BCUT2D eigenvalue weighted by atomic mass is 10.1. The number of nitrogens with one attached hydrogen (secondary N) is 1. The number of nitrogens with zero attached hydrogens (tertiary/aromatic N) is 1. The number of hydrogen-bond donors (Lipinski definition) is 1. The summed E-state index contributed by atoms with van der Waals surface area (Å²) in [5.74, 6) is 0.834. The Morgan fingerprint density at radius 3 is 2.67 bits per heavy atom. The van der Waals surface area contributed by atoms with Gasteiger partial charge in [0.25, 0.3) is 0 Å². The van der Waals surface area contributed by atoms with E-state index in [0.717, 1.165) is 5.56 Å². The van der Waals surface area contributed by atoms with Crippen molar-refractivity contribution in [3.8, 4) is 17.6 Å². The van der Waals surface area contributed by atoms with Gasteiger partial charge in [-0.15, -0.1) is 0 Å². The molecule has 108 valence electrons. The second-order valence-corrected chi connectivity index (χ2v) is 4.31. The van der Waals surface area contributed by atoms with Gasteiger partial charge in [-0.1, -0.05) is 12.1 Å². The van der Waals surface area contributed by atoms with Gasteiger partial charge < -0.3 is 14.8 Å². The van der Waals surface area contributed by atoms with Gasteiger partial charge in [0.15, 0.2) is 11.5 Å². The lowest BCUT2D eigenvalue weighted by Gasteiger charge is -2.14. The Labute approximate surface area is 122 Å². The van der Waals surface area contributed by atoms with E-state index < -0.39 is 5.82 Å². The third-order valence-corrected chi connectivity index (χ3v) is 3.06. The molecule has 0 radical (unpaired) electrons. The molecule has 4 nitrogen and oxygen atoms in total. The fourth-order valence-electron chi connectivity index (χ4n) is 2.05. The first-order valence-electron chi connectivity index (χ1n) is 6.33. The predicted octanol–water partition coefficient (Wildman–Crippen LogP) is 3.33. The summed E-state index contributed by atoms with van der Waals surface area (Å²) in [7, 11) is 3.14. The molecule has 0 aliphatic rings. The van der Waals surface area contributed by atoms with Gasteiger partial charge in [0.05, 0.1) is 25.5 Å². The Morgan fingerprint density at radius 2 is 2.00 bits per heavy atom. The fraction of sp³-hybridized carbons (Fsp3) is 0.188. The van der Waals surface area contributed by atoms with E-state index in [9.17, 15) is 4.39 Å². The molecule has 0 saturated heterocycles. The quantitative estimate of drug-likeness (QED) is 0.916. The van der Waals surface area contributed by atoms with Crippen molar-refractivity contribution in [2.75, 3.05) is 19.5 Å². The maximum Gasteiger partial charge on any atom is 0.165 e. The van der Waals surface area contributed by atoms with E-state index in [2.05, 4.69) is 5.32 Å². The Kier molecular flexibility index (Phi) is 4.62. The topological polar surface area (TPSA) is 54.3 Å². The summed E-state index contributed by atoms with van der Waals surface area (Å²) in [4.78, 5) is 0. The number of nitriles is 1. The van der Waals surface area contributed by atoms with Crippen molar-refractivity contribution >= 4 is 5.69 Å². The molecule has 2 aromatic rings. The normalized spacial score (nSPS) is 9.81. The van der Waals surface area contributed by atoms with Crippen LogP contribution in [0.2, 0.25) is 0 Å². The van der Waals surface area contributed by atoms with Crippen molar-refractivity contribution < 1.29 is 13.9 Å². The largest absolute Gasteiger partial charge is 0.493 e. The number of para-hydroxylation sites is 1. The first-order chi connectivity index (χ1) is 10.2. The molecule has 5 heteroatoms. The summed E-state index contributed by atoms with van der Waals surface area (Å²) >= 11 is 0. The molecule has 0 spiro atoms. The number of methoxy groups -OCH3 is 2. The summed E-state index contributed by atoms with van der Waals surface area (Å²) in [5.41, 5.74) is 1.71. The minimum absolute atomic E-state index is 0.261. The van der Waals surface area contributed by atoms with Crippen LogP contribution in [0.4, 0.5) is 10.1 Å². The molecule has 0 aliphatic carbocycles. The second-order valence-electron chi connectivity index (χ2n) is 4.31. The molecule has 0 amide bonds. The molecule has 1 N–H and O–H groups in total. The Hall–Kier alpha value is -2.74. The number of anilines is 1. The van der Waals surface area contributed by atoms with Crippen molar-refractivity contribution in [3.05, 3.63) is 53.3 Å². The Bertz CT molecular complexity index is 680. The molecule has 2 aromatic carbocycles. The van der Waals surface area contributed by atoms with E-state index in [4.69, 9.17) is 14.7 Å². The third kappa shape index (κ3) is 3.23. The lowest BCUT2D eigenvalue weighted by Crippen LogP contribution is -2.04. The van der Waals surface area contributed by atoms with Crippen LogP contribution in [-0.4, -0.2) is 14.2 Å². The second kappa shape index (κ2) is 6.62. The number of halogens is 1.